The zero-order valence-electron chi connectivity index (χ0n) is 7.92. The fourth-order valence-corrected chi connectivity index (χ4v) is 1.03. The summed E-state index contributed by atoms with van der Waals surface area (Å²) in [6.45, 7) is 3.59. The van der Waals surface area contributed by atoms with Gasteiger partial charge in [0.2, 0.25) is 0 Å². The number of rotatable bonds is 1. The lowest BCUT2D eigenvalue weighted by atomic mass is 10.0. The van der Waals surface area contributed by atoms with E-state index in [2.05, 4.69) is 0 Å². The smallest absolute Gasteiger partial charge is 0.111 e. The van der Waals surface area contributed by atoms with E-state index in [1.54, 1.807) is 0 Å². The molecule has 1 rings (SSSR count). The lowest BCUT2D eigenvalue weighted by Gasteiger charge is -2.34. The molecule has 3 unspecified atom stereocenters. The van der Waals surface area contributed by atoms with Gasteiger partial charge >= 0.3 is 0 Å². The van der Waals surface area contributed by atoms with Gasteiger partial charge in [0.1, 0.15) is 24.4 Å². The second-order valence-corrected chi connectivity index (χ2v) is 2.60. The van der Waals surface area contributed by atoms with Gasteiger partial charge in [0.25, 0.3) is 0 Å². The highest BCUT2D eigenvalue weighted by atomic mass is 16.5. The van der Waals surface area contributed by atoms with E-state index in [-0.39, 0.29) is 13.2 Å². The Bertz CT molecular complexity index is 128. The molecule has 13 heavy (non-hydrogen) atoms. The van der Waals surface area contributed by atoms with Gasteiger partial charge in [-0.25, -0.2) is 0 Å². The Balaban J connectivity index is 0.000000671. The third-order valence-corrected chi connectivity index (χ3v) is 1.79. The van der Waals surface area contributed by atoms with Gasteiger partial charge in [0.05, 0.1) is 13.2 Å². The maximum atomic E-state index is 9.11. The van der Waals surface area contributed by atoms with Crippen LogP contribution in [0.25, 0.3) is 0 Å². The van der Waals surface area contributed by atoms with Gasteiger partial charge in [-0.3, -0.25) is 0 Å². The summed E-state index contributed by atoms with van der Waals surface area (Å²) in [6.07, 6.45) is -4.27. The summed E-state index contributed by atoms with van der Waals surface area (Å²) in [7, 11) is 0. The van der Waals surface area contributed by atoms with Gasteiger partial charge < -0.3 is 25.2 Å². The van der Waals surface area contributed by atoms with Crippen LogP contribution in [0.2, 0.25) is 0 Å². The minimum Gasteiger partial charge on any atom is -0.394 e. The molecule has 0 amide bonds. The van der Waals surface area contributed by atoms with E-state index >= 15 is 0 Å². The predicted octanol–water partition coefficient (Wildman–Crippen LogP) is -1.51. The van der Waals surface area contributed by atoms with Crippen molar-refractivity contribution in [2.24, 2.45) is 0 Å². The molecule has 0 aromatic rings. The van der Waals surface area contributed by atoms with Crippen molar-refractivity contribution in [2.75, 3.05) is 13.2 Å². The van der Waals surface area contributed by atoms with E-state index in [0.717, 1.165) is 0 Å². The maximum Gasteiger partial charge on any atom is 0.111 e. The Morgan fingerprint density at radius 1 is 1.15 bits per heavy atom. The largest absolute Gasteiger partial charge is 0.394 e. The molecule has 80 valence electrons. The van der Waals surface area contributed by atoms with Crippen LogP contribution in [0.5, 0.6) is 0 Å². The first-order valence-electron chi connectivity index (χ1n) is 4.43. The molecular weight excluding hydrogens is 176 g/mol. The quantitative estimate of drug-likeness (QED) is 0.407. The Morgan fingerprint density at radius 2 is 1.69 bits per heavy atom. The maximum absolute atomic E-state index is 9.11. The lowest BCUT2D eigenvalue weighted by molar-refractivity contribution is -0.195. The third kappa shape index (κ3) is 3.21. The zero-order valence-corrected chi connectivity index (χ0v) is 7.92. The fourth-order valence-electron chi connectivity index (χ4n) is 1.03. The summed E-state index contributed by atoms with van der Waals surface area (Å²) in [5.74, 6) is 0. The molecule has 4 atom stereocenters. The minimum atomic E-state index is -1.22. The Kier molecular flexibility index (Phi) is 6.19. The van der Waals surface area contributed by atoms with Crippen molar-refractivity contribution in [1.29, 1.82) is 0 Å². The summed E-state index contributed by atoms with van der Waals surface area (Å²) >= 11 is 0. The zero-order chi connectivity index (χ0) is 10.4. The van der Waals surface area contributed by atoms with Crippen molar-refractivity contribution in [3.63, 3.8) is 0 Å². The topological polar surface area (TPSA) is 90.2 Å². The number of hydrogen-bond donors (Lipinski definition) is 4. The van der Waals surface area contributed by atoms with Crippen LogP contribution >= 0.6 is 0 Å². The molecule has 0 radical (unpaired) electrons. The van der Waals surface area contributed by atoms with E-state index in [9.17, 15) is 0 Å². The van der Waals surface area contributed by atoms with Crippen molar-refractivity contribution in [3.05, 3.63) is 0 Å². The van der Waals surface area contributed by atoms with Gasteiger partial charge in [-0.1, -0.05) is 13.8 Å². The van der Waals surface area contributed by atoms with E-state index in [0.29, 0.717) is 0 Å². The second-order valence-electron chi connectivity index (χ2n) is 2.60. The number of aliphatic hydroxyl groups is 4. The van der Waals surface area contributed by atoms with Gasteiger partial charge in [-0.05, 0) is 0 Å². The van der Waals surface area contributed by atoms with Crippen LogP contribution < -0.4 is 0 Å². The molecule has 0 aromatic carbocycles. The van der Waals surface area contributed by atoms with Crippen molar-refractivity contribution >= 4 is 0 Å². The van der Waals surface area contributed by atoms with Crippen molar-refractivity contribution in [1.82, 2.24) is 0 Å². The van der Waals surface area contributed by atoms with Crippen LogP contribution in [0.1, 0.15) is 13.8 Å². The Hall–Kier alpha value is -0.200. The molecule has 1 aliphatic rings. The number of aliphatic hydroxyl groups excluding tert-OH is 4. The van der Waals surface area contributed by atoms with E-state index in [1.807, 2.05) is 13.8 Å². The first kappa shape index (κ1) is 12.8. The molecular formula is C8H18O5. The summed E-state index contributed by atoms with van der Waals surface area (Å²) < 4.78 is 4.81. The van der Waals surface area contributed by atoms with Gasteiger partial charge in [0, 0.05) is 0 Å². The molecule has 0 aromatic heterocycles. The first-order valence-corrected chi connectivity index (χ1v) is 4.43. The van der Waals surface area contributed by atoms with Crippen LogP contribution in [0.4, 0.5) is 0 Å². The molecule has 0 saturated carbocycles. The molecule has 1 heterocycles. The molecule has 0 aliphatic carbocycles. The second kappa shape index (κ2) is 6.28. The summed E-state index contributed by atoms with van der Waals surface area (Å²) in [5, 5.41) is 35.7. The SMILES string of the molecule is CC.OCC1OC[C@@H](O)C(O)C1O. The third-order valence-electron chi connectivity index (χ3n) is 1.79. The number of ether oxygens (including phenoxy) is 1. The van der Waals surface area contributed by atoms with Gasteiger partial charge in [-0.15, -0.1) is 0 Å². The summed E-state index contributed by atoms with van der Waals surface area (Å²) in [4.78, 5) is 0. The molecule has 0 bridgehead atoms. The first-order chi connectivity index (χ1) is 6.16. The molecule has 1 saturated heterocycles. The lowest BCUT2D eigenvalue weighted by Crippen LogP contribution is -2.53. The predicted molar refractivity (Wildman–Crippen MR) is 46.2 cm³/mol. The van der Waals surface area contributed by atoms with Crippen LogP contribution in [0.15, 0.2) is 0 Å². The van der Waals surface area contributed by atoms with Crippen LogP contribution in [-0.2, 0) is 4.74 Å². The van der Waals surface area contributed by atoms with Crippen LogP contribution in [0, 0.1) is 0 Å². The van der Waals surface area contributed by atoms with Crippen molar-refractivity contribution < 1.29 is 25.2 Å². The summed E-state index contributed by atoms with van der Waals surface area (Å²) in [6, 6.07) is 0. The Morgan fingerprint density at radius 3 is 2.15 bits per heavy atom. The van der Waals surface area contributed by atoms with Crippen molar-refractivity contribution in [3.8, 4) is 0 Å². The normalized spacial score (nSPS) is 39.2. The van der Waals surface area contributed by atoms with Gasteiger partial charge in [0.15, 0.2) is 0 Å². The van der Waals surface area contributed by atoms with Crippen molar-refractivity contribution in [2.45, 2.75) is 38.3 Å². The Labute approximate surface area is 77.6 Å². The number of hydrogen-bond acceptors (Lipinski definition) is 5. The van der Waals surface area contributed by atoms with E-state index in [4.69, 9.17) is 25.2 Å². The highest BCUT2D eigenvalue weighted by Crippen LogP contribution is 2.14. The standard InChI is InChI=1S/C6H12O5.C2H6/c7-1-4-6(10)5(9)3(8)2-11-4;1-2/h3-10H,1-2H2;1-2H3/t3-,4?,5?,6?;/m1./s1. The molecule has 1 fully saturated rings. The molecule has 5 nitrogen and oxygen atoms in total. The monoisotopic (exact) mass is 194 g/mol. The molecule has 4 N–H and O–H groups in total. The van der Waals surface area contributed by atoms with Crippen LogP contribution in [-0.4, -0.2) is 58.1 Å². The minimum absolute atomic E-state index is 0.0521. The highest BCUT2D eigenvalue weighted by molar-refractivity contribution is 4.85. The average molecular weight is 194 g/mol. The fraction of sp³-hybridized carbons (Fsp3) is 1.00. The van der Waals surface area contributed by atoms with Crippen LogP contribution in [0.3, 0.4) is 0 Å². The van der Waals surface area contributed by atoms with E-state index in [1.165, 1.54) is 0 Å². The van der Waals surface area contributed by atoms with E-state index < -0.39 is 24.4 Å². The molecule has 5 heteroatoms. The molecule has 1 aliphatic heterocycles. The van der Waals surface area contributed by atoms with Gasteiger partial charge in [-0.2, -0.15) is 0 Å². The molecule has 0 spiro atoms. The average Bonchev–Trinajstić information content (AvgIpc) is 2.18. The summed E-state index contributed by atoms with van der Waals surface area (Å²) in [5.41, 5.74) is 0. The highest BCUT2D eigenvalue weighted by Gasteiger charge is 2.36.